The van der Waals surface area contributed by atoms with E-state index in [0.29, 0.717) is 17.9 Å². The molecular formula is C14H17NO4S. The van der Waals surface area contributed by atoms with Gasteiger partial charge in [-0.2, -0.15) is 11.8 Å². The number of carboxylic acid groups (broad SMARTS) is 1. The monoisotopic (exact) mass is 295 g/mol. The van der Waals surface area contributed by atoms with Crippen LogP contribution in [0.1, 0.15) is 17.9 Å². The van der Waals surface area contributed by atoms with Crippen LogP contribution in [0.25, 0.3) is 0 Å². The van der Waals surface area contributed by atoms with E-state index in [1.807, 2.05) is 30.5 Å². The van der Waals surface area contributed by atoms with Gasteiger partial charge >= 0.3 is 5.97 Å². The zero-order chi connectivity index (χ0) is 14.5. The van der Waals surface area contributed by atoms with Crippen molar-refractivity contribution in [2.24, 2.45) is 0 Å². The number of rotatable bonds is 6. The summed E-state index contributed by atoms with van der Waals surface area (Å²) in [5.41, 5.74) is 0.819. The van der Waals surface area contributed by atoms with Crippen molar-refractivity contribution in [1.29, 1.82) is 0 Å². The minimum Gasteiger partial charge on any atom is -0.492 e. The number of hydrogen-bond donors (Lipinski definition) is 2. The van der Waals surface area contributed by atoms with Gasteiger partial charge in [0, 0.05) is 5.56 Å². The summed E-state index contributed by atoms with van der Waals surface area (Å²) >= 11 is 1.56. The smallest absolute Gasteiger partial charge is 0.326 e. The van der Waals surface area contributed by atoms with Crippen molar-refractivity contribution in [2.75, 3.05) is 18.6 Å². The first-order valence-electron chi connectivity index (χ1n) is 6.37. The minimum atomic E-state index is -1.00. The van der Waals surface area contributed by atoms with Crippen LogP contribution in [0.2, 0.25) is 0 Å². The average Bonchev–Trinajstić information content (AvgIpc) is 2.87. The number of fused-ring (bicyclic) bond motifs is 1. The van der Waals surface area contributed by atoms with Gasteiger partial charge in [0.25, 0.3) is 0 Å². The van der Waals surface area contributed by atoms with E-state index >= 15 is 0 Å². The number of aliphatic carboxylic acids is 1. The molecule has 1 heterocycles. The highest BCUT2D eigenvalue weighted by molar-refractivity contribution is 7.98. The Morgan fingerprint density at radius 3 is 2.95 bits per heavy atom. The van der Waals surface area contributed by atoms with E-state index in [1.165, 1.54) is 0 Å². The lowest BCUT2D eigenvalue weighted by atomic mass is 10.00. The van der Waals surface area contributed by atoms with Gasteiger partial charge in [-0.25, -0.2) is 4.79 Å². The van der Waals surface area contributed by atoms with Gasteiger partial charge < -0.3 is 15.2 Å². The average molecular weight is 295 g/mol. The topological polar surface area (TPSA) is 75.6 Å². The summed E-state index contributed by atoms with van der Waals surface area (Å²) in [5.74, 6) is -0.330. The highest BCUT2D eigenvalue weighted by Gasteiger charge is 2.32. The Morgan fingerprint density at radius 2 is 2.25 bits per heavy atom. The number of ether oxygens (including phenoxy) is 1. The van der Waals surface area contributed by atoms with Crippen LogP contribution in [-0.2, 0) is 9.59 Å². The summed E-state index contributed by atoms with van der Waals surface area (Å²) in [6.07, 6.45) is 2.32. The third-order valence-electron chi connectivity index (χ3n) is 3.24. The molecule has 108 valence electrons. The van der Waals surface area contributed by atoms with Crippen LogP contribution in [0.15, 0.2) is 24.3 Å². The zero-order valence-corrected chi connectivity index (χ0v) is 12.0. The van der Waals surface area contributed by atoms with Gasteiger partial charge in [0.2, 0.25) is 5.91 Å². The van der Waals surface area contributed by atoms with E-state index in [1.54, 1.807) is 11.8 Å². The van der Waals surface area contributed by atoms with E-state index in [2.05, 4.69) is 5.32 Å². The fourth-order valence-corrected chi connectivity index (χ4v) is 2.62. The summed E-state index contributed by atoms with van der Waals surface area (Å²) < 4.78 is 5.44. The summed E-state index contributed by atoms with van der Waals surface area (Å²) in [4.78, 5) is 23.4. The fourth-order valence-electron chi connectivity index (χ4n) is 2.15. The van der Waals surface area contributed by atoms with Crippen LogP contribution >= 0.6 is 11.8 Å². The molecule has 0 saturated carbocycles. The Morgan fingerprint density at radius 1 is 1.50 bits per heavy atom. The first-order chi connectivity index (χ1) is 9.63. The maximum absolute atomic E-state index is 12.2. The molecule has 1 amide bonds. The number of carbonyl (C=O) groups is 2. The Balaban J connectivity index is 2.03. The van der Waals surface area contributed by atoms with Crippen molar-refractivity contribution in [2.45, 2.75) is 18.4 Å². The van der Waals surface area contributed by atoms with Gasteiger partial charge in [-0.15, -0.1) is 0 Å². The molecule has 5 nitrogen and oxygen atoms in total. The van der Waals surface area contributed by atoms with Crippen molar-refractivity contribution in [3.63, 3.8) is 0 Å². The molecule has 20 heavy (non-hydrogen) atoms. The third-order valence-corrected chi connectivity index (χ3v) is 3.89. The maximum Gasteiger partial charge on any atom is 0.326 e. The normalized spacial score (nSPS) is 17.9. The van der Waals surface area contributed by atoms with Crippen molar-refractivity contribution in [3.05, 3.63) is 29.8 Å². The van der Waals surface area contributed by atoms with Gasteiger partial charge in [0.15, 0.2) is 0 Å². The van der Waals surface area contributed by atoms with E-state index in [0.717, 1.165) is 5.56 Å². The quantitative estimate of drug-likeness (QED) is 0.831. The predicted molar refractivity (Wildman–Crippen MR) is 77.2 cm³/mol. The van der Waals surface area contributed by atoms with Crippen molar-refractivity contribution < 1.29 is 19.4 Å². The molecule has 1 aromatic carbocycles. The Hall–Kier alpha value is -1.69. The Labute approximate surface area is 121 Å². The molecule has 0 saturated heterocycles. The van der Waals surface area contributed by atoms with Crippen molar-refractivity contribution >= 4 is 23.6 Å². The molecular weight excluding hydrogens is 278 g/mol. The highest BCUT2D eigenvalue weighted by Crippen LogP contribution is 2.33. The molecule has 2 unspecified atom stereocenters. The SMILES string of the molecule is CSCCC(NC(=O)C1COc2ccccc21)C(=O)O. The van der Waals surface area contributed by atoms with Crippen LogP contribution < -0.4 is 10.1 Å². The molecule has 0 radical (unpaired) electrons. The molecule has 0 fully saturated rings. The third kappa shape index (κ3) is 3.25. The van der Waals surface area contributed by atoms with Gasteiger partial charge in [-0.1, -0.05) is 18.2 Å². The van der Waals surface area contributed by atoms with Gasteiger partial charge in [0.1, 0.15) is 24.3 Å². The maximum atomic E-state index is 12.2. The van der Waals surface area contributed by atoms with Crippen molar-refractivity contribution in [3.8, 4) is 5.75 Å². The molecule has 2 rings (SSSR count). The number of hydrogen-bond acceptors (Lipinski definition) is 4. The molecule has 2 N–H and O–H groups in total. The van der Waals surface area contributed by atoms with Gasteiger partial charge in [-0.05, 0) is 24.5 Å². The summed E-state index contributed by atoms with van der Waals surface area (Å²) in [6.45, 7) is 0.264. The van der Waals surface area contributed by atoms with Crippen LogP contribution in [0.3, 0.4) is 0 Å². The number of amides is 1. The molecule has 1 aliphatic rings. The fraction of sp³-hybridized carbons (Fsp3) is 0.429. The lowest BCUT2D eigenvalue weighted by Gasteiger charge is -2.16. The van der Waals surface area contributed by atoms with Gasteiger partial charge in [-0.3, -0.25) is 4.79 Å². The summed E-state index contributed by atoms with van der Waals surface area (Å²) in [5, 5.41) is 11.7. The standard InChI is InChI=1S/C14H17NO4S/c1-20-7-6-11(14(17)18)15-13(16)10-8-19-12-5-3-2-4-9(10)12/h2-5,10-11H,6-8H2,1H3,(H,15,16)(H,17,18). The number of carboxylic acids is 1. The Bertz CT molecular complexity index is 506. The van der Waals surface area contributed by atoms with Gasteiger partial charge in [0.05, 0.1) is 0 Å². The second kappa shape index (κ2) is 6.65. The number of carbonyl (C=O) groups excluding carboxylic acids is 1. The zero-order valence-electron chi connectivity index (χ0n) is 11.2. The molecule has 0 aromatic heterocycles. The molecule has 0 spiro atoms. The molecule has 1 aliphatic heterocycles. The Kier molecular flexibility index (Phi) is 4.89. The van der Waals surface area contributed by atoms with E-state index in [4.69, 9.17) is 9.84 Å². The molecule has 1 aromatic rings. The molecule has 6 heteroatoms. The first-order valence-corrected chi connectivity index (χ1v) is 7.76. The second-order valence-corrected chi connectivity index (χ2v) is 5.57. The van der Waals surface area contributed by atoms with Crippen molar-refractivity contribution in [1.82, 2.24) is 5.32 Å². The number of benzene rings is 1. The number of thioether (sulfide) groups is 1. The first kappa shape index (κ1) is 14.7. The minimum absolute atomic E-state index is 0.264. The summed E-state index contributed by atoms with van der Waals surface area (Å²) in [7, 11) is 0. The second-order valence-electron chi connectivity index (χ2n) is 4.58. The number of para-hydroxylation sites is 1. The lowest BCUT2D eigenvalue weighted by molar-refractivity contribution is -0.142. The summed E-state index contributed by atoms with van der Waals surface area (Å²) in [6, 6.07) is 6.49. The molecule has 0 aliphatic carbocycles. The van der Waals surface area contributed by atoms with Crippen LogP contribution in [0, 0.1) is 0 Å². The molecule has 0 bridgehead atoms. The van der Waals surface area contributed by atoms with Crippen LogP contribution in [-0.4, -0.2) is 41.6 Å². The van der Waals surface area contributed by atoms with E-state index in [9.17, 15) is 9.59 Å². The number of nitrogens with one attached hydrogen (secondary N) is 1. The van der Waals surface area contributed by atoms with Crippen LogP contribution in [0.4, 0.5) is 0 Å². The molecule has 2 atom stereocenters. The van der Waals surface area contributed by atoms with E-state index < -0.39 is 17.9 Å². The van der Waals surface area contributed by atoms with E-state index in [-0.39, 0.29) is 12.5 Å². The predicted octanol–water partition coefficient (Wildman–Crippen LogP) is 1.49. The lowest BCUT2D eigenvalue weighted by Crippen LogP contribution is -2.43. The largest absolute Gasteiger partial charge is 0.492 e. The highest BCUT2D eigenvalue weighted by atomic mass is 32.2. The van der Waals surface area contributed by atoms with Crippen LogP contribution in [0.5, 0.6) is 5.75 Å².